The Morgan fingerprint density at radius 3 is 2.31 bits per heavy atom. The van der Waals surface area contributed by atoms with Crippen LogP contribution in [0.15, 0.2) is 42.5 Å². The van der Waals surface area contributed by atoms with E-state index in [1.54, 1.807) is 6.92 Å². The van der Waals surface area contributed by atoms with E-state index < -0.39 is 41.3 Å². The summed E-state index contributed by atoms with van der Waals surface area (Å²) in [5.74, 6) is -1.37. The third kappa shape index (κ3) is 5.78. The second-order valence-corrected chi connectivity index (χ2v) is 9.77. The molecule has 0 aliphatic carbocycles. The Balaban J connectivity index is 1.74. The molecule has 1 amide bonds. The van der Waals surface area contributed by atoms with Gasteiger partial charge in [0.2, 0.25) is 11.4 Å². The van der Waals surface area contributed by atoms with Gasteiger partial charge in [-0.25, -0.2) is 9.37 Å². The molecule has 0 fully saturated rings. The van der Waals surface area contributed by atoms with Crippen molar-refractivity contribution in [2.75, 3.05) is 40.6 Å². The molecule has 5 N–H and O–H groups in total. The molecule has 0 spiro atoms. The summed E-state index contributed by atoms with van der Waals surface area (Å²) in [7, 11) is 2.55. The third-order valence-electron chi connectivity index (χ3n) is 6.68. The smallest absolute Gasteiger partial charge is 0.424 e. The Morgan fingerprint density at radius 2 is 1.76 bits per heavy atom. The van der Waals surface area contributed by atoms with Gasteiger partial charge in [-0.05, 0) is 49.4 Å². The number of hydrogen-bond acceptors (Lipinski definition) is 9. The van der Waals surface area contributed by atoms with Crippen LogP contribution in [0.1, 0.15) is 28.5 Å². The lowest BCUT2D eigenvalue weighted by atomic mass is 9.89. The van der Waals surface area contributed by atoms with Crippen molar-refractivity contribution in [1.82, 2.24) is 10.3 Å². The maximum absolute atomic E-state index is 14.6. The van der Waals surface area contributed by atoms with Crippen LogP contribution in [-0.4, -0.2) is 67.9 Å². The van der Waals surface area contributed by atoms with Crippen LogP contribution in [0, 0.1) is 5.82 Å². The minimum absolute atomic E-state index is 0.0190. The Hall–Kier alpha value is -4.14. The van der Waals surface area contributed by atoms with E-state index in [0.29, 0.717) is 0 Å². The van der Waals surface area contributed by atoms with Gasteiger partial charge >= 0.3 is 6.18 Å². The molecule has 14 heteroatoms. The summed E-state index contributed by atoms with van der Waals surface area (Å²) in [6, 6.07) is 8.22. The Morgan fingerprint density at radius 1 is 1.14 bits per heavy atom. The first-order valence-corrected chi connectivity index (χ1v) is 12.6. The van der Waals surface area contributed by atoms with E-state index in [1.165, 1.54) is 38.5 Å². The maximum Gasteiger partial charge on any atom is 0.424 e. The normalized spacial score (nSPS) is 17.6. The number of methoxy groups -OCH3 is 2. The van der Waals surface area contributed by atoms with Gasteiger partial charge in [0.15, 0.2) is 17.2 Å². The van der Waals surface area contributed by atoms with Crippen molar-refractivity contribution < 1.29 is 51.5 Å². The predicted octanol–water partition coefficient (Wildman–Crippen LogP) is 3.02. The van der Waals surface area contributed by atoms with E-state index >= 15 is 0 Å². The van der Waals surface area contributed by atoms with E-state index in [2.05, 4.69) is 10.3 Å². The zero-order chi connectivity index (χ0) is 30.9. The van der Waals surface area contributed by atoms with Gasteiger partial charge in [-0.15, -0.1) is 0 Å². The molecule has 2 heterocycles. The SMILES string of the molecule is COc1cc(C(=O)NCC(O)(c2cc3c(c(-c4ccc(F)cc4)n2)OCC3(C)N)C(F)(F)F)cc(OC)c1OCCO. The number of ether oxygens (including phenoxy) is 4. The summed E-state index contributed by atoms with van der Waals surface area (Å²) in [5, 5.41) is 22.3. The number of carbonyl (C=O) groups is 1. The number of aliphatic hydroxyl groups is 2. The maximum atomic E-state index is 14.6. The molecule has 2 unspecified atom stereocenters. The highest BCUT2D eigenvalue weighted by Crippen LogP contribution is 2.46. The summed E-state index contributed by atoms with van der Waals surface area (Å²) in [5.41, 5.74) is 0.649. The number of hydrogen-bond donors (Lipinski definition) is 4. The number of nitrogens with two attached hydrogens (primary N) is 1. The van der Waals surface area contributed by atoms with Crippen molar-refractivity contribution in [3.63, 3.8) is 0 Å². The Labute approximate surface area is 238 Å². The minimum atomic E-state index is -5.32. The molecule has 2 aromatic carbocycles. The van der Waals surface area contributed by atoms with Crippen molar-refractivity contribution in [2.45, 2.75) is 24.2 Å². The van der Waals surface area contributed by atoms with E-state index in [9.17, 15) is 27.5 Å². The molecule has 0 radical (unpaired) electrons. The second kappa shape index (κ2) is 11.6. The van der Waals surface area contributed by atoms with E-state index in [-0.39, 0.29) is 65.2 Å². The molecule has 0 saturated heterocycles. The van der Waals surface area contributed by atoms with Gasteiger partial charge in [-0.2, -0.15) is 13.2 Å². The number of alkyl halides is 3. The number of fused-ring (bicyclic) bond motifs is 1. The number of halogens is 4. The van der Waals surface area contributed by atoms with Gasteiger partial charge in [0.1, 0.15) is 24.7 Å². The van der Waals surface area contributed by atoms with Crippen molar-refractivity contribution >= 4 is 5.91 Å². The van der Waals surface area contributed by atoms with Gasteiger partial charge in [0.05, 0.1) is 38.6 Å². The fraction of sp³-hybridized carbons (Fsp3) is 0.357. The zero-order valence-corrected chi connectivity index (χ0v) is 22.8. The van der Waals surface area contributed by atoms with Gasteiger partial charge in [0, 0.05) is 16.7 Å². The number of rotatable bonds is 10. The van der Waals surface area contributed by atoms with Crippen LogP contribution in [0.2, 0.25) is 0 Å². The van der Waals surface area contributed by atoms with Crippen LogP contribution in [0.5, 0.6) is 23.0 Å². The Kier molecular flexibility index (Phi) is 8.53. The van der Waals surface area contributed by atoms with Crippen LogP contribution in [0.4, 0.5) is 17.6 Å². The summed E-state index contributed by atoms with van der Waals surface area (Å²) >= 11 is 0. The van der Waals surface area contributed by atoms with Crippen molar-refractivity contribution in [3.05, 3.63) is 65.1 Å². The molecule has 10 nitrogen and oxygen atoms in total. The van der Waals surface area contributed by atoms with Crippen LogP contribution >= 0.6 is 0 Å². The second-order valence-electron chi connectivity index (χ2n) is 9.77. The number of nitrogens with zero attached hydrogens (tertiary/aromatic N) is 1. The Bertz CT molecular complexity index is 1440. The van der Waals surface area contributed by atoms with E-state index in [4.69, 9.17) is 29.8 Å². The van der Waals surface area contributed by atoms with E-state index in [1.807, 2.05) is 0 Å². The zero-order valence-electron chi connectivity index (χ0n) is 22.8. The minimum Gasteiger partial charge on any atom is -0.493 e. The first-order valence-electron chi connectivity index (χ1n) is 12.6. The van der Waals surface area contributed by atoms with E-state index in [0.717, 1.165) is 18.2 Å². The molecule has 1 aliphatic rings. The molecule has 2 atom stereocenters. The molecule has 1 aromatic heterocycles. The van der Waals surface area contributed by atoms with Gasteiger partial charge in [-0.3, -0.25) is 4.79 Å². The largest absolute Gasteiger partial charge is 0.493 e. The molecule has 3 aromatic rings. The molecule has 0 saturated carbocycles. The van der Waals surface area contributed by atoms with Crippen LogP contribution in [0.3, 0.4) is 0 Å². The number of nitrogens with one attached hydrogen (secondary N) is 1. The van der Waals surface area contributed by atoms with Crippen molar-refractivity contribution in [1.29, 1.82) is 0 Å². The number of carbonyl (C=O) groups excluding carboxylic acids is 1. The highest BCUT2D eigenvalue weighted by atomic mass is 19.4. The first kappa shape index (κ1) is 30.8. The number of benzene rings is 2. The molecule has 4 rings (SSSR count). The first-order chi connectivity index (χ1) is 19.8. The number of aliphatic hydroxyl groups excluding tert-OH is 1. The summed E-state index contributed by atoms with van der Waals surface area (Å²) in [6.07, 6.45) is -5.32. The van der Waals surface area contributed by atoms with Crippen molar-refractivity contribution in [3.8, 4) is 34.3 Å². The lowest BCUT2D eigenvalue weighted by molar-refractivity contribution is -0.265. The molecule has 42 heavy (non-hydrogen) atoms. The summed E-state index contributed by atoms with van der Waals surface area (Å²) < 4.78 is 78.7. The summed E-state index contributed by atoms with van der Waals surface area (Å²) in [6.45, 7) is -0.304. The molecular formula is C28H29F4N3O7. The van der Waals surface area contributed by atoms with Gasteiger partial charge in [0.25, 0.3) is 5.91 Å². The third-order valence-corrected chi connectivity index (χ3v) is 6.68. The van der Waals surface area contributed by atoms with Gasteiger partial charge < -0.3 is 40.2 Å². The molecule has 226 valence electrons. The fourth-order valence-electron chi connectivity index (χ4n) is 4.37. The average molecular weight is 596 g/mol. The molecular weight excluding hydrogens is 566 g/mol. The lowest BCUT2D eigenvalue weighted by Gasteiger charge is -2.31. The van der Waals surface area contributed by atoms with Crippen molar-refractivity contribution in [2.24, 2.45) is 5.73 Å². The van der Waals surface area contributed by atoms with Gasteiger partial charge in [-0.1, -0.05) is 0 Å². The molecule has 1 aliphatic heterocycles. The topological polar surface area (TPSA) is 145 Å². The van der Waals surface area contributed by atoms with Crippen LogP contribution < -0.4 is 30.0 Å². The highest BCUT2D eigenvalue weighted by molar-refractivity contribution is 5.95. The van der Waals surface area contributed by atoms with Crippen LogP contribution in [-0.2, 0) is 11.1 Å². The summed E-state index contributed by atoms with van der Waals surface area (Å²) in [4.78, 5) is 17.1. The average Bonchev–Trinajstić information content (AvgIpc) is 3.27. The molecule has 0 bridgehead atoms. The standard InChI is InChI=1S/C28H29F4N3O7/c1-26(33)14-42-23-18(26)12-21(35-22(23)15-4-6-17(29)7-5-15)27(38,28(30,31)32)13-34-25(37)16-10-19(39-2)24(41-9-8-36)20(11-16)40-3/h4-7,10-12,36,38H,8-9,13-14,33H2,1-3H3,(H,34,37). The quantitative estimate of drug-likeness (QED) is 0.260. The monoisotopic (exact) mass is 595 g/mol. The number of pyridine rings is 1. The number of amides is 1. The lowest BCUT2D eigenvalue weighted by Crippen LogP contribution is -2.51. The highest BCUT2D eigenvalue weighted by Gasteiger charge is 2.57. The fourth-order valence-corrected chi connectivity index (χ4v) is 4.37. The van der Waals surface area contributed by atoms with Crippen LogP contribution in [0.25, 0.3) is 11.3 Å². The predicted molar refractivity (Wildman–Crippen MR) is 141 cm³/mol. The number of aromatic nitrogens is 1.